The summed E-state index contributed by atoms with van der Waals surface area (Å²) in [6.07, 6.45) is -3.26. The Morgan fingerprint density at radius 3 is 1.92 bits per heavy atom. The number of fused-ring (bicyclic) bond motifs is 1. The second kappa shape index (κ2) is 2.62. The van der Waals surface area contributed by atoms with Gasteiger partial charge in [-0.05, 0) is 37.8 Å². The smallest absolute Gasteiger partial charge is 0.316 e. The van der Waals surface area contributed by atoms with Crippen molar-refractivity contribution in [2.24, 2.45) is 17.8 Å². The molecule has 2 fully saturated rings. The predicted molar refractivity (Wildman–Crippen MR) is 38.6 cm³/mol. The fourth-order valence-corrected chi connectivity index (χ4v) is 2.43. The minimum Gasteiger partial charge on any atom is -0.316 e. The van der Waals surface area contributed by atoms with Crippen LogP contribution < -0.4 is 5.32 Å². The van der Waals surface area contributed by atoms with E-state index in [1.807, 2.05) is 0 Å². The molecular formula is C8H12F3N. The molecule has 2 rings (SSSR count). The van der Waals surface area contributed by atoms with E-state index < -0.39 is 12.1 Å². The molecule has 0 radical (unpaired) electrons. The number of halogens is 3. The Hall–Kier alpha value is -0.250. The highest BCUT2D eigenvalue weighted by Gasteiger charge is 2.49. The standard InChI is InChI=1S/C8H12F3N/c9-8(10,11)7-1-5-3-12-4-6(5)2-7/h5-7,12H,1-4H2. The Balaban J connectivity index is 1.99. The molecule has 70 valence electrons. The lowest BCUT2D eigenvalue weighted by atomic mass is 10.0. The highest BCUT2D eigenvalue weighted by Crippen LogP contribution is 2.45. The van der Waals surface area contributed by atoms with Crippen LogP contribution >= 0.6 is 0 Å². The van der Waals surface area contributed by atoms with Gasteiger partial charge in [-0.2, -0.15) is 13.2 Å². The van der Waals surface area contributed by atoms with Crippen LogP contribution in [0.4, 0.5) is 13.2 Å². The van der Waals surface area contributed by atoms with Crippen LogP contribution in [-0.2, 0) is 0 Å². The summed E-state index contributed by atoms with van der Waals surface area (Å²) < 4.78 is 36.7. The molecule has 0 aromatic rings. The summed E-state index contributed by atoms with van der Waals surface area (Å²) >= 11 is 0. The topological polar surface area (TPSA) is 12.0 Å². The number of alkyl halides is 3. The van der Waals surface area contributed by atoms with Crippen molar-refractivity contribution in [3.63, 3.8) is 0 Å². The Kier molecular flexibility index (Phi) is 1.82. The van der Waals surface area contributed by atoms with Gasteiger partial charge in [0.25, 0.3) is 0 Å². The zero-order chi connectivity index (χ0) is 8.77. The lowest BCUT2D eigenvalue weighted by Crippen LogP contribution is -2.23. The van der Waals surface area contributed by atoms with Crippen LogP contribution in [0, 0.1) is 17.8 Å². The van der Waals surface area contributed by atoms with E-state index in [2.05, 4.69) is 5.32 Å². The zero-order valence-electron chi connectivity index (χ0n) is 6.69. The number of rotatable bonds is 0. The molecule has 1 saturated heterocycles. The third-order valence-electron chi connectivity index (χ3n) is 3.12. The van der Waals surface area contributed by atoms with Crippen LogP contribution in [-0.4, -0.2) is 19.3 Å². The van der Waals surface area contributed by atoms with Crippen LogP contribution in [0.3, 0.4) is 0 Å². The van der Waals surface area contributed by atoms with Crippen molar-refractivity contribution in [1.29, 1.82) is 0 Å². The molecule has 2 aliphatic rings. The molecule has 0 aromatic carbocycles. The quantitative estimate of drug-likeness (QED) is 0.597. The van der Waals surface area contributed by atoms with E-state index in [1.54, 1.807) is 0 Å². The molecular weight excluding hydrogens is 167 g/mol. The minimum absolute atomic E-state index is 0.289. The van der Waals surface area contributed by atoms with Crippen molar-refractivity contribution in [2.75, 3.05) is 13.1 Å². The molecule has 1 nitrogen and oxygen atoms in total. The van der Waals surface area contributed by atoms with E-state index in [0.29, 0.717) is 12.8 Å². The highest BCUT2D eigenvalue weighted by atomic mass is 19.4. The van der Waals surface area contributed by atoms with Crippen LogP contribution in [0.2, 0.25) is 0 Å². The second-order valence-electron chi connectivity index (χ2n) is 3.89. The van der Waals surface area contributed by atoms with E-state index >= 15 is 0 Å². The first-order valence-electron chi connectivity index (χ1n) is 4.35. The normalized spacial score (nSPS) is 41.8. The minimum atomic E-state index is -3.95. The van der Waals surface area contributed by atoms with E-state index in [9.17, 15) is 13.2 Å². The SMILES string of the molecule is FC(F)(F)C1CC2CNCC2C1. The van der Waals surface area contributed by atoms with Gasteiger partial charge in [0, 0.05) is 0 Å². The summed E-state index contributed by atoms with van der Waals surface area (Å²) in [6.45, 7) is 1.58. The van der Waals surface area contributed by atoms with Gasteiger partial charge in [-0.3, -0.25) is 0 Å². The Labute approximate surface area is 69.3 Å². The molecule has 2 unspecified atom stereocenters. The van der Waals surface area contributed by atoms with Crippen LogP contribution in [0.5, 0.6) is 0 Å². The molecule has 0 spiro atoms. The molecule has 1 saturated carbocycles. The van der Waals surface area contributed by atoms with E-state index in [1.165, 1.54) is 0 Å². The molecule has 2 atom stereocenters. The zero-order valence-corrected chi connectivity index (χ0v) is 6.69. The number of hydrogen-bond donors (Lipinski definition) is 1. The lowest BCUT2D eigenvalue weighted by Gasteiger charge is -2.14. The molecule has 4 heteroatoms. The lowest BCUT2D eigenvalue weighted by molar-refractivity contribution is -0.173. The highest BCUT2D eigenvalue weighted by molar-refractivity contribution is 4.92. The van der Waals surface area contributed by atoms with Gasteiger partial charge in [-0.15, -0.1) is 0 Å². The summed E-state index contributed by atoms with van der Waals surface area (Å²) in [4.78, 5) is 0. The Bertz CT molecular complexity index is 166. The monoisotopic (exact) mass is 179 g/mol. The van der Waals surface area contributed by atoms with Gasteiger partial charge in [0.2, 0.25) is 0 Å². The van der Waals surface area contributed by atoms with Gasteiger partial charge in [-0.25, -0.2) is 0 Å². The predicted octanol–water partition coefficient (Wildman–Crippen LogP) is 1.79. The molecule has 0 bridgehead atoms. The number of nitrogens with one attached hydrogen (secondary N) is 1. The van der Waals surface area contributed by atoms with Crippen molar-refractivity contribution >= 4 is 0 Å². The van der Waals surface area contributed by atoms with Crippen molar-refractivity contribution in [3.8, 4) is 0 Å². The van der Waals surface area contributed by atoms with E-state index in [4.69, 9.17) is 0 Å². The molecule has 0 amide bonds. The third kappa shape index (κ3) is 1.32. The maximum absolute atomic E-state index is 12.2. The van der Waals surface area contributed by atoms with Gasteiger partial charge in [0.15, 0.2) is 0 Å². The maximum Gasteiger partial charge on any atom is 0.391 e. The number of hydrogen-bond acceptors (Lipinski definition) is 1. The van der Waals surface area contributed by atoms with Crippen molar-refractivity contribution in [1.82, 2.24) is 5.32 Å². The van der Waals surface area contributed by atoms with Crippen LogP contribution in [0.25, 0.3) is 0 Å². The van der Waals surface area contributed by atoms with Gasteiger partial charge < -0.3 is 5.32 Å². The van der Waals surface area contributed by atoms with Crippen molar-refractivity contribution in [3.05, 3.63) is 0 Å². The van der Waals surface area contributed by atoms with Gasteiger partial charge in [0.05, 0.1) is 5.92 Å². The van der Waals surface area contributed by atoms with Crippen molar-refractivity contribution in [2.45, 2.75) is 19.0 Å². The van der Waals surface area contributed by atoms with Crippen LogP contribution in [0.15, 0.2) is 0 Å². The Morgan fingerprint density at radius 1 is 1.00 bits per heavy atom. The average Bonchev–Trinajstić information content (AvgIpc) is 2.37. The first-order valence-corrected chi connectivity index (χ1v) is 4.35. The van der Waals surface area contributed by atoms with Crippen LogP contribution in [0.1, 0.15) is 12.8 Å². The fourth-order valence-electron chi connectivity index (χ4n) is 2.43. The second-order valence-corrected chi connectivity index (χ2v) is 3.89. The molecule has 12 heavy (non-hydrogen) atoms. The van der Waals surface area contributed by atoms with Gasteiger partial charge in [0.1, 0.15) is 0 Å². The van der Waals surface area contributed by atoms with Crippen molar-refractivity contribution < 1.29 is 13.2 Å². The first kappa shape index (κ1) is 8.35. The summed E-state index contributed by atoms with van der Waals surface area (Å²) in [7, 11) is 0. The van der Waals surface area contributed by atoms with E-state index in [0.717, 1.165) is 13.1 Å². The summed E-state index contributed by atoms with van der Waals surface area (Å²) in [5.41, 5.74) is 0. The third-order valence-corrected chi connectivity index (χ3v) is 3.12. The summed E-state index contributed by atoms with van der Waals surface area (Å²) in [5, 5.41) is 3.13. The molecule has 1 N–H and O–H groups in total. The molecule has 1 aliphatic heterocycles. The van der Waals surface area contributed by atoms with Gasteiger partial charge in [-0.1, -0.05) is 0 Å². The molecule has 0 aromatic heterocycles. The first-order chi connectivity index (χ1) is 5.57. The van der Waals surface area contributed by atoms with Gasteiger partial charge >= 0.3 is 6.18 Å². The fraction of sp³-hybridized carbons (Fsp3) is 1.00. The largest absolute Gasteiger partial charge is 0.391 e. The summed E-state index contributed by atoms with van der Waals surface area (Å²) in [5.74, 6) is -0.442. The molecule has 1 heterocycles. The average molecular weight is 179 g/mol. The molecule has 1 aliphatic carbocycles. The maximum atomic E-state index is 12.2. The Morgan fingerprint density at radius 2 is 1.50 bits per heavy atom. The van der Waals surface area contributed by atoms with E-state index in [-0.39, 0.29) is 11.8 Å². The summed E-state index contributed by atoms with van der Waals surface area (Å²) in [6, 6.07) is 0.